The van der Waals surface area contributed by atoms with Gasteiger partial charge in [-0.1, -0.05) is 13.8 Å². The summed E-state index contributed by atoms with van der Waals surface area (Å²) in [6, 6.07) is 4.51. The van der Waals surface area contributed by atoms with E-state index in [-0.39, 0.29) is 11.3 Å². The zero-order valence-corrected chi connectivity index (χ0v) is 15.1. The Labute approximate surface area is 143 Å². The summed E-state index contributed by atoms with van der Waals surface area (Å²) in [4.78, 5) is 24.9. The standard InChI is InChI=1S/C15H21N3O4.C2H6/c1-15(2,3)22-14(19)11-4-5-12(13(10-11)18(20)21)17-8-6-16-7-9-17;1-2/h4-5,10,16H,6-9H2,1-3H3;1-2H3. The van der Waals surface area contributed by atoms with Crippen LogP contribution >= 0.6 is 0 Å². The van der Waals surface area contributed by atoms with E-state index in [0.29, 0.717) is 18.8 Å². The summed E-state index contributed by atoms with van der Waals surface area (Å²) in [6.07, 6.45) is 0. The van der Waals surface area contributed by atoms with E-state index in [1.807, 2.05) is 18.7 Å². The minimum atomic E-state index is -0.636. The Balaban J connectivity index is 0.00000139. The molecule has 1 aromatic rings. The average molecular weight is 337 g/mol. The second kappa shape index (κ2) is 8.63. The highest BCUT2D eigenvalue weighted by Crippen LogP contribution is 2.30. The van der Waals surface area contributed by atoms with Gasteiger partial charge in [-0.2, -0.15) is 0 Å². The fraction of sp³-hybridized carbons (Fsp3) is 0.588. The first-order valence-corrected chi connectivity index (χ1v) is 8.25. The van der Waals surface area contributed by atoms with Crippen LogP contribution in [0.4, 0.5) is 11.4 Å². The van der Waals surface area contributed by atoms with E-state index in [4.69, 9.17) is 4.74 Å². The molecular formula is C17H27N3O4. The number of nitrogens with zero attached hydrogens (tertiary/aromatic N) is 2. The van der Waals surface area contributed by atoms with Crippen LogP contribution in [-0.2, 0) is 4.74 Å². The molecule has 1 aromatic carbocycles. The summed E-state index contributed by atoms with van der Waals surface area (Å²) >= 11 is 0. The number of carbonyl (C=O) groups excluding carboxylic acids is 1. The summed E-state index contributed by atoms with van der Waals surface area (Å²) in [7, 11) is 0. The molecule has 134 valence electrons. The van der Waals surface area contributed by atoms with Gasteiger partial charge in [-0.25, -0.2) is 4.79 Å². The lowest BCUT2D eigenvalue weighted by Gasteiger charge is -2.29. The molecule has 2 rings (SSSR count). The minimum absolute atomic E-state index is 0.0646. The van der Waals surface area contributed by atoms with Gasteiger partial charge < -0.3 is 15.0 Å². The van der Waals surface area contributed by atoms with Gasteiger partial charge in [0.25, 0.3) is 5.69 Å². The van der Waals surface area contributed by atoms with Gasteiger partial charge >= 0.3 is 5.97 Å². The second-order valence-electron chi connectivity index (χ2n) is 6.20. The van der Waals surface area contributed by atoms with Crippen LogP contribution in [0.2, 0.25) is 0 Å². The van der Waals surface area contributed by atoms with Crippen LogP contribution in [-0.4, -0.2) is 42.7 Å². The topological polar surface area (TPSA) is 84.7 Å². The molecule has 24 heavy (non-hydrogen) atoms. The van der Waals surface area contributed by atoms with Crippen molar-refractivity contribution in [3.63, 3.8) is 0 Å². The van der Waals surface area contributed by atoms with Crippen molar-refractivity contribution in [2.75, 3.05) is 31.1 Å². The number of hydrogen-bond acceptors (Lipinski definition) is 6. The Morgan fingerprint density at radius 1 is 1.25 bits per heavy atom. The van der Waals surface area contributed by atoms with E-state index in [9.17, 15) is 14.9 Å². The highest BCUT2D eigenvalue weighted by molar-refractivity contribution is 5.91. The summed E-state index contributed by atoms with van der Waals surface area (Å²) < 4.78 is 5.26. The summed E-state index contributed by atoms with van der Waals surface area (Å²) in [6.45, 7) is 12.2. The van der Waals surface area contributed by atoms with Crippen LogP contribution in [0.25, 0.3) is 0 Å². The predicted octanol–water partition coefficient (Wildman–Crippen LogP) is 2.99. The molecule has 1 heterocycles. The Kier molecular flexibility index (Phi) is 7.16. The van der Waals surface area contributed by atoms with Gasteiger partial charge in [0.15, 0.2) is 0 Å². The number of nitrogens with one attached hydrogen (secondary N) is 1. The highest BCUT2D eigenvalue weighted by Gasteiger charge is 2.25. The molecule has 0 amide bonds. The number of hydrogen-bond donors (Lipinski definition) is 1. The molecule has 0 radical (unpaired) electrons. The SMILES string of the molecule is CC.CC(C)(C)OC(=O)c1ccc(N2CCNCC2)c([N+](=O)[O-])c1. The molecule has 7 heteroatoms. The first kappa shape index (κ1) is 19.9. The number of benzene rings is 1. The van der Waals surface area contributed by atoms with Gasteiger partial charge in [-0.3, -0.25) is 10.1 Å². The van der Waals surface area contributed by atoms with Gasteiger partial charge in [-0.05, 0) is 32.9 Å². The van der Waals surface area contributed by atoms with Crippen LogP contribution < -0.4 is 10.2 Å². The number of anilines is 1. The van der Waals surface area contributed by atoms with Gasteiger partial charge in [0.2, 0.25) is 0 Å². The smallest absolute Gasteiger partial charge is 0.338 e. The maximum atomic E-state index is 12.1. The van der Waals surface area contributed by atoms with Crippen molar-refractivity contribution < 1.29 is 14.5 Å². The van der Waals surface area contributed by atoms with E-state index in [1.54, 1.807) is 32.9 Å². The molecule has 1 N–H and O–H groups in total. The van der Waals surface area contributed by atoms with Crippen LogP contribution in [0, 0.1) is 10.1 Å². The Bertz CT molecular complexity index is 576. The summed E-state index contributed by atoms with van der Waals surface area (Å²) in [5, 5.41) is 14.5. The Morgan fingerprint density at radius 3 is 2.33 bits per heavy atom. The number of ether oxygens (including phenoxy) is 1. The van der Waals surface area contributed by atoms with Crippen LogP contribution in [0.1, 0.15) is 45.0 Å². The van der Waals surface area contributed by atoms with Crippen molar-refractivity contribution in [3.8, 4) is 0 Å². The van der Waals surface area contributed by atoms with E-state index in [2.05, 4.69) is 5.32 Å². The van der Waals surface area contributed by atoms with E-state index >= 15 is 0 Å². The molecule has 0 atom stereocenters. The number of carbonyl (C=O) groups is 1. The summed E-state index contributed by atoms with van der Waals surface area (Å²) in [5.41, 5.74) is 0.0351. The Morgan fingerprint density at radius 2 is 1.83 bits per heavy atom. The molecule has 0 saturated carbocycles. The van der Waals surface area contributed by atoms with Crippen LogP contribution in [0.5, 0.6) is 0 Å². The second-order valence-corrected chi connectivity index (χ2v) is 6.20. The van der Waals surface area contributed by atoms with E-state index in [0.717, 1.165) is 13.1 Å². The van der Waals surface area contributed by atoms with E-state index in [1.165, 1.54) is 6.07 Å². The molecule has 0 bridgehead atoms. The maximum Gasteiger partial charge on any atom is 0.338 e. The molecule has 0 spiro atoms. The molecule has 1 aliphatic heterocycles. The first-order chi connectivity index (χ1) is 11.3. The summed E-state index contributed by atoms with van der Waals surface area (Å²) in [5.74, 6) is -0.553. The predicted molar refractivity (Wildman–Crippen MR) is 94.7 cm³/mol. The molecule has 0 unspecified atom stereocenters. The molecule has 1 saturated heterocycles. The number of nitro benzene ring substituents is 1. The highest BCUT2D eigenvalue weighted by atomic mass is 16.6. The zero-order valence-electron chi connectivity index (χ0n) is 15.1. The van der Waals surface area contributed by atoms with Gasteiger partial charge in [-0.15, -0.1) is 0 Å². The molecule has 1 fully saturated rings. The molecular weight excluding hydrogens is 310 g/mol. The number of piperazine rings is 1. The maximum absolute atomic E-state index is 12.1. The average Bonchev–Trinajstić information content (AvgIpc) is 2.55. The lowest BCUT2D eigenvalue weighted by molar-refractivity contribution is -0.384. The van der Waals surface area contributed by atoms with Crippen LogP contribution in [0.15, 0.2) is 18.2 Å². The van der Waals surface area contributed by atoms with Crippen molar-refractivity contribution in [3.05, 3.63) is 33.9 Å². The lowest BCUT2D eigenvalue weighted by Crippen LogP contribution is -2.43. The third-order valence-corrected chi connectivity index (χ3v) is 3.26. The van der Waals surface area contributed by atoms with Gasteiger partial charge in [0.1, 0.15) is 11.3 Å². The van der Waals surface area contributed by atoms with Gasteiger partial charge in [0.05, 0.1) is 10.5 Å². The largest absolute Gasteiger partial charge is 0.456 e. The Hall–Kier alpha value is -2.15. The van der Waals surface area contributed by atoms with Crippen LogP contribution in [0.3, 0.4) is 0 Å². The third kappa shape index (κ3) is 5.49. The first-order valence-electron chi connectivity index (χ1n) is 8.25. The van der Waals surface area contributed by atoms with Crippen molar-refractivity contribution in [2.24, 2.45) is 0 Å². The monoisotopic (exact) mass is 337 g/mol. The minimum Gasteiger partial charge on any atom is -0.456 e. The third-order valence-electron chi connectivity index (χ3n) is 3.26. The van der Waals surface area contributed by atoms with Crippen molar-refractivity contribution in [1.82, 2.24) is 5.32 Å². The van der Waals surface area contributed by atoms with Gasteiger partial charge in [0, 0.05) is 32.2 Å². The molecule has 0 aromatic heterocycles. The fourth-order valence-corrected chi connectivity index (χ4v) is 2.31. The molecule has 7 nitrogen and oxygen atoms in total. The van der Waals surface area contributed by atoms with Crippen molar-refractivity contribution >= 4 is 17.3 Å². The fourth-order valence-electron chi connectivity index (χ4n) is 2.31. The molecule has 0 aliphatic carbocycles. The number of nitro groups is 1. The number of rotatable bonds is 3. The van der Waals surface area contributed by atoms with Crippen molar-refractivity contribution in [1.29, 1.82) is 0 Å². The normalized spacial score (nSPS) is 14.5. The van der Waals surface area contributed by atoms with Crippen molar-refractivity contribution in [2.45, 2.75) is 40.2 Å². The quantitative estimate of drug-likeness (QED) is 0.518. The number of esters is 1. The molecule has 1 aliphatic rings. The van der Waals surface area contributed by atoms with E-state index < -0.39 is 16.5 Å². The zero-order chi connectivity index (χ0) is 18.3. The lowest BCUT2D eigenvalue weighted by atomic mass is 10.1.